The van der Waals surface area contributed by atoms with Crippen LogP contribution in [0.25, 0.3) is 0 Å². The first kappa shape index (κ1) is 14.6. The predicted molar refractivity (Wildman–Crippen MR) is 87.6 cm³/mol. The largest absolute Gasteiger partial charge is 0.306 e. The van der Waals surface area contributed by atoms with E-state index < -0.39 is 0 Å². The summed E-state index contributed by atoms with van der Waals surface area (Å²) in [6, 6.07) is 17.5. The van der Waals surface area contributed by atoms with Crippen molar-refractivity contribution in [3.05, 3.63) is 64.1 Å². The summed E-state index contributed by atoms with van der Waals surface area (Å²) in [5.41, 5.74) is 2.63. The van der Waals surface area contributed by atoms with Crippen LogP contribution in [0.2, 0.25) is 0 Å². The maximum atomic E-state index is 3.55. The van der Waals surface area contributed by atoms with Crippen molar-refractivity contribution in [2.45, 2.75) is 24.4 Å². The molecule has 0 aliphatic carbocycles. The molecule has 2 aromatic carbocycles. The molecule has 0 saturated carbocycles. The Morgan fingerprint density at radius 3 is 2.26 bits per heavy atom. The normalized spacial score (nSPS) is 12.4. The molecule has 0 amide bonds. The van der Waals surface area contributed by atoms with Gasteiger partial charge in [0.25, 0.3) is 0 Å². The summed E-state index contributed by atoms with van der Waals surface area (Å²) < 4.78 is 1.12. The van der Waals surface area contributed by atoms with Gasteiger partial charge in [-0.05, 0) is 48.6 Å². The van der Waals surface area contributed by atoms with Crippen LogP contribution in [-0.2, 0) is 6.54 Å². The van der Waals surface area contributed by atoms with Crippen LogP contribution < -0.4 is 5.32 Å². The third kappa shape index (κ3) is 4.37. The fourth-order valence-corrected chi connectivity index (χ4v) is 2.56. The molecule has 0 fully saturated rings. The van der Waals surface area contributed by atoms with E-state index in [-0.39, 0.29) is 0 Å². The number of hydrogen-bond donors (Lipinski definition) is 1. The lowest BCUT2D eigenvalue weighted by molar-refractivity contribution is 0.574. The molecule has 3 heteroatoms. The van der Waals surface area contributed by atoms with Crippen molar-refractivity contribution < 1.29 is 0 Å². The Hall–Kier alpha value is -0.770. The molecule has 100 valence electrons. The van der Waals surface area contributed by atoms with Gasteiger partial charge in [-0.3, -0.25) is 0 Å². The van der Waals surface area contributed by atoms with Crippen LogP contribution in [0.4, 0.5) is 0 Å². The van der Waals surface area contributed by atoms with Crippen LogP contribution in [0.1, 0.15) is 24.1 Å². The lowest BCUT2D eigenvalue weighted by Gasteiger charge is -2.14. The molecule has 1 nitrogen and oxygen atoms in total. The van der Waals surface area contributed by atoms with E-state index in [0.29, 0.717) is 6.04 Å². The molecule has 2 rings (SSSR count). The summed E-state index contributed by atoms with van der Waals surface area (Å²) in [5, 5.41) is 3.55. The van der Waals surface area contributed by atoms with E-state index in [2.05, 4.69) is 83.0 Å². The number of benzene rings is 2. The van der Waals surface area contributed by atoms with Gasteiger partial charge in [0.15, 0.2) is 0 Å². The van der Waals surface area contributed by atoms with Gasteiger partial charge in [0.1, 0.15) is 0 Å². The van der Waals surface area contributed by atoms with Crippen LogP contribution in [0.15, 0.2) is 57.9 Å². The second-order valence-electron chi connectivity index (χ2n) is 4.50. The maximum absolute atomic E-state index is 3.55. The minimum Gasteiger partial charge on any atom is -0.306 e. The Bertz CT molecular complexity index is 507. The molecule has 0 heterocycles. The van der Waals surface area contributed by atoms with Gasteiger partial charge < -0.3 is 5.32 Å². The van der Waals surface area contributed by atoms with E-state index in [4.69, 9.17) is 0 Å². The van der Waals surface area contributed by atoms with Gasteiger partial charge in [-0.1, -0.05) is 40.2 Å². The van der Waals surface area contributed by atoms with Gasteiger partial charge in [0.05, 0.1) is 0 Å². The fraction of sp³-hybridized carbons (Fsp3) is 0.250. The van der Waals surface area contributed by atoms with E-state index in [1.807, 2.05) is 0 Å². The Balaban J connectivity index is 1.92. The molecule has 0 saturated heterocycles. The van der Waals surface area contributed by atoms with Gasteiger partial charge >= 0.3 is 0 Å². The Kier molecular flexibility index (Phi) is 5.49. The van der Waals surface area contributed by atoms with E-state index in [0.717, 1.165) is 11.0 Å². The van der Waals surface area contributed by atoms with Crippen LogP contribution in [0, 0.1) is 0 Å². The highest BCUT2D eigenvalue weighted by molar-refractivity contribution is 9.10. The first-order valence-electron chi connectivity index (χ1n) is 6.31. The predicted octanol–water partition coefficient (Wildman–Crippen LogP) is 5.02. The van der Waals surface area contributed by atoms with Crippen LogP contribution in [-0.4, -0.2) is 6.26 Å². The standard InChI is InChI=1S/C16H18BrNS/c1-12(14-5-7-15(17)8-6-14)18-11-13-3-9-16(19-2)10-4-13/h3-10,12,18H,11H2,1-2H3/t12-/m0/s1. The third-order valence-corrected chi connectivity index (χ3v) is 4.41. The Labute approximate surface area is 127 Å². The zero-order valence-corrected chi connectivity index (χ0v) is 13.6. The zero-order valence-electron chi connectivity index (χ0n) is 11.2. The topological polar surface area (TPSA) is 12.0 Å². The monoisotopic (exact) mass is 335 g/mol. The molecule has 2 aromatic rings. The minimum atomic E-state index is 0.355. The van der Waals surface area contributed by atoms with E-state index in [1.54, 1.807) is 11.8 Å². The highest BCUT2D eigenvalue weighted by Gasteiger charge is 2.04. The number of thioether (sulfide) groups is 1. The number of nitrogens with one attached hydrogen (secondary N) is 1. The van der Waals surface area contributed by atoms with Crippen LogP contribution >= 0.6 is 27.7 Å². The van der Waals surface area contributed by atoms with Gasteiger partial charge in [0.2, 0.25) is 0 Å². The highest BCUT2D eigenvalue weighted by Crippen LogP contribution is 2.18. The molecule has 0 aromatic heterocycles. The lowest BCUT2D eigenvalue weighted by Crippen LogP contribution is -2.17. The van der Waals surface area contributed by atoms with Crippen LogP contribution in [0.5, 0.6) is 0 Å². The smallest absolute Gasteiger partial charge is 0.0294 e. The first-order valence-corrected chi connectivity index (χ1v) is 8.32. The summed E-state index contributed by atoms with van der Waals surface area (Å²) in [6.45, 7) is 3.09. The molecule has 1 N–H and O–H groups in total. The molecular weight excluding hydrogens is 318 g/mol. The summed E-state index contributed by atoms with van der Waals surface area (Å²) >= 11 is 5.24. The Morgan fingerprint density at radius 1 is 1.05 bits per heavy atom. The van der Waals surface area contributed by atoms with Crippen LogP contribution in [0.3, 0.4) is 0 Å². The molecule has 0 aliphatic heterocycles. The summed E-state index contributed by atoms with van der Waals surface area (Å²) in [7, 11) is 0. The molecule has 0 aliphatic rings. The van der Waals surface area contributed by atoms with Crippen molar-refractivity contribution in [1.82, 2.24) is 5.32 Å². The molecule has 0 unspecified atom stereocenters. The highest BCUT2D eigenvalue weighted by atomic mass is 79.9. The lowest BCUT2D eigenvalue weighted by atomic mass is 10.1. The second-order valence-corrected chi connectivity index (χ2v) is 6.30. The van der Waals surface area contributed by atoms with Gasteiger partial charge in [-0.15, -0.1) is 11.8 Å². The maximum Gasteiger partial charge on any atom is 0.0294 e. The molecule has 19 heavy (non-hydrogen) atoms. The average Bonchev–Trinajstić information content (AvgIpc) is 2.46. The molecule has 0 radical (unpaired) electrons. The number of halogens is 1. The van der Waals surface area contributed by atoms with Crippen molar-refractivity contribution in [3.63, 3.8) is 0 Å². The van der Waals surface area contributed by atoms with E-state index in [9.17, 15) is 0 Å². The molecule has 1 atom stereocenters. The van der Waals surface area contributed by atoms with Crippen molar-refractivity contribution in [2.75, 3.05) is 6.26 Å². The minimum absolute atomic E-state index is 0.355. The van der Waals surface area contributed by atoms with E-state index >= 15 is 0 Å². The summed E-state index contributed by atoms with van der Waals surface area (Å²) in [5.74, 6) is 0. The van der Waals surface area contributed by atoms with Crippen molar-refractivity contribution >= 4 is 27.7 Å². The first-order chi connectivity index (χ1) is 9.19. The van der Waals surface area contributed by atoms with Gasteiger partial charge in [-0.25, -0.2) is 0 Å². The van der Waals surface area contributed by atoms with E-state index in [1.165, 1.54) is 16.0 Å². The molecule has 0 bridgehead atoms. The molecule has 0 spiro atoms. The number of hydrogen-bond acceptors (Lipinski definition) is 2. The van der Waals surface area contributed by atoms with Crippen molar-refractivity contribution in [2.24, 2.45) is 0 Å². The molecular formula is C16H18BrNS. The van der Waals surface area contributed by atoms with Gasteiger partial charge in [-0.2, -0.15) is 0 Å². The number of rotatable bonds is 5. The van der Waals surface area contributed by atoms with Gasteiger partial charge in [0, 0.05) is 22.0 Å². The quantitative estimate of drug-likeness (QED) is 0.769. The third-order valence-electron chi connectivity index (χ3n) is 3.14. The van der Waals surface area contributed by atoms with Crippen molar-refractivity contribution in [1.29, 1.82) is 0 Å². The SMILES string of the molecule is CSc1ccc(CN[C@@H](C)c2ccc(Br)cc2)cc1. The Morgan fingerprint density at radius 2 is 1.68 bits per heavy atom. The second kappa shape index (κ2) is 7.13. The summed E-state index contributed by atoms with van der Waals surface area (Å²) in [6.07, 6.45) is 2.10. The van der Waals surface area contributed by atoms with Crippen molar-refractivity contribution in [3.8, 4) is 0 Å². The average molecular weight is 336 g/mol. The summed E-state index contributed by atoms with van der Waals surface area (Å²) in [4.78, 5) is 1.31. The fourth-order valence-electron chi connectivity index (χ4n) is 1.88. The zero-order chi connectivity index (χ0) is 13.7.